The average Bonchev–Trinajstić information content (AvgIpc) is 2.30. The molecule has 3 N–H and O–H groups in total. The van der Waals surface area contributed by atoms with E-state index in [9.17, 15) is 5.11 Å². The molecule has 0 aromatic rings. The molecular formula is C7H15NO3. The van der Waals surface area contributed by atoms with Gasteiger partial charge in [-0.15, -0.1) is 0 Å². The van der Waals surface area contributed by atoms with Gasteiger partial charge in [-0.05, 0) is 6.92 Å². The Balaban J connectivity index is 2.45. The molecule has 1 fully saturated rings. The predicted octanol–water partition coefficient (Wildman–Crippen LogP) is -0.544. The molecule has 0 aromatic carbocycles. The van der Waals surface area contributed by atoms with Crippen LogP contribution in [0.15, 0.2) is 0 Å². The van der Waals surface area contributed by atoms with Gasteiger partial charge in [0.2, 0.25) is 0 Å². The van der Waals surface area contributed by atoms with Crippen molar-refractivity contribution in [3.63, 3.8) is 0 Å². The summed E-state index contributed by atoms with van der Waals surface area (Å²) in [4.78, 5) is 0. The molecule has 2 unspecified atom stereocenters. The first-order valence-electron chi connectivity index (χ1n) is 3.77. The van der Waals surface area contributed by atoms with Gasteiger partial charge < -0.3 is 20.3 Å². The van der Waals surface area contributed by atoms with E-state index in [4.69, 9.17) is 15.2 Å². The normalized spacial score (nSPS) is 40.9. The molecule has 0 bridgehead atoms. The number of aliphatic hydroxyl groups is 1. The zero-order valence-corrected chi connectivity index (χ0v) is 6.86. The van der Waals surface area contributed by atoms with Gasteiger partial charge in [0.1, 0.15) is 6.10 Å². The van der Waals surface area contributed by atoms with E-state index >= 15 is 0 Å². The van der Waals surface area contributed by atoms with Gasteiger partial charge in [-0.25, -0.2) is 0 Å². The van der Waals surface area contributed by atoms with E-state index in [1.54, 1.807) is 14.0 Å². The number of hydrogen-bond donors (Lipinski definition) is 2. The summed E-state index contributed by atoms with van der Waals surface area (Å²) in [6.07, 6.45) is -0.388. The number of aliphatic hydroxyl groups excluding tert-OH is 1. The Morgan fingerprint density at radius 2 is 2.36 bits per heavy atom. The van der Waals surface area contributed by atoms with Crippen LogP contribution >= 0.6 is 0 Å². The Morgan fingerprint density at radius 3 is 2.64 bits per heavy atom. The van der Waals surface area contributed by atoms with Crippen LogP contribution in [0.2, 0.25) is 0 Å². The molecule has 4 heteroatoms. The van der Waals surface area contributed by atoms with Crippen LogP contribution in [0.1, 0.15) is 13.3 Å². The fraction of sp³-hybridized carbons (Fsp3) is 1.00. The highest BCUT2D eigenvalue weighted by atomic mass is 16.7. The van der Waals surface area contributed by atoms with Gasteiger partial charge >= 0.3 is 0 Å². The van der Waals surface area contributed by atoms with Crippen molar-refractivity contribution in [3.8, 4) is 0 Å². The van der Waals surface area contributed by atoms with E-state index in [1.807, 2.05) is 0 Å². The first-order chi connectivity index (χ1) is 5.15. The van der Waals surface area contributed by atoms with Crippen molar-refractivity contribution < 1.29 is 14.6 Å². The van der Waals surface area contributed by atoms with Crippen LogP contribution in [0.3, 0.4) is 0 Å². The van der Waals surface area contributed by atoms with Gasteiger partial charge in [-0.3, -0.25) is 0 Å². The van der Waals surface area contributed by atoms with Crippen LogP contribution in [0.25, 0.3) is 0 Å². The second-order valence-corrected chi connectivity index (χ2v) is 2.91. The number of rotatable bonds is 2. The lowest BCUT2D eigenvalue weighted by Crippen LogP contribution is -2.38. The average molecular weight is 161 g/mol. The van der Waals surface area contributed by atoms with Crippen molar-refractivity contribution >= 4 is 0 Å². The molecule has 0 aromatic heterocycles. The first-order valence-corrected chi connectivity index (χ1v) is 3.77. The highest BCUT2D eigenvalue weighted by molar-refractivity contribution is 4.84. The van der Waals surface area contributed by atoms with E-state index in [0.29, 0.717) is 6.42 Å². The number of ether oxygens (including phenoxy) is 2. The lowest BCUT2D eigenvalue weighted by molar-refractivity contribution is -0.136. The molecule has 0 saturated carbocycles. The Bertz CT molecular complexity index is 129. The van der Waals surface area contributed by atoms with Gasteiger partial charge in [-0.1, -0.05) is 0 Å². The van der Waals surface area contributed by atoms with Gasteiger partial charge in [0.25, 0.3) is 0 Å². The SMILES string of the molecule is COC1C[C@H](N)[C@H](C(C)O)O1. The van der Waals surface area contributed by atoms with E-state index in [-0.39, 0.29) is 18.4 Å². The molecule has 0 spiro atoms. The molecule has 1 heterocycles. The maximum Gasteiger partial charge on any atom is 0.159 e. The molecule has 0 aliphatic carbocycles. The summed E-state index contributed by atoms with van der Waals surface area (Å²) in [5.74, 6) is 0. The fourth-order valence-corrected chi connectivity index (χ4v) is 1.31. The molecule has 4 atom stereocenters. The van der Waals surface area contributed by atoms with Crippen LogP contribution in [0.4, 0.5) is 0 Å². The molecule has 1 aliphatic heterocycles. The van der Waals surface area contributed by atoms with E-state index in [0.717, 1.165) is 0 Å². The molecule has 0 radical (unpaired) electrons. The predicted molar refractivity (Wildman–Crippen MR) is 39.9 cm³/mol. The summed E-state index contributed by atoms with van der Waals surface area (Å²) < 4.78 is 10.2. The minimum absolute atomic E-state index is 0.111. The summed E-state index contributed by atoms with van der Waals surface area (Å²) in [5, 5.41) is 9.18. The maximum absolute atomic E-state index is 9.18. The first kappa shape index (κ1) is 8.93. The molecule has 4 nitrogen and oxygen atoms in total. The maximum atomic E-state index is 9.18. The smallest absolute Gasteiger partial charge is 0.159 e. The molecule has 1 rings (SSSR count). The van der Waals surface area contributed by atoms with E-state index in [1.165, 1.54) is 0 Å². The minimum atomic E-state index is -0.523. The van der Waals surface area contributed by atoms with E-state index in [2.05, 4.69) is 0 Å². The van der Waals surface area contributed by atoms with Crippen LogP contribution < -0.4 is 5.73 Å². The summed E-state index contributed by atoms with van der Waals surface area (Å²) in [6, 6.07) is -0.111. The highest BCUT2D eigenvalue weighted by Crippen LogP contribution is 2.21. The minimum Gasteiger partial charge on any atom is -0.391 e. The Labute approximate surface area is 66.3 Å². The van der Waals surface area contributed by atoms with Crippen molar-refractivity contribution in [3.05, 3.63) is 0 Å². The second-order valence-electron chi connectivity index (χ2n) is 2.91. The molecule has 66 valence electrons. The highest BCUT2D eigenvalue weighted by Gasteiger charge is 2.35. The quantitative estimate of drug-likeness (QED) is 0.570. The standard InChI is InChI=1S/C7H15NO3/c1-4(9)7-5(8)3-6(10-2)11-7/h4-7,9H,3,8H2,1-2H3/t4?,5-,6?,7-/m0/s1. The third kappa shape index (κ3) is 1.90. The Hall–Kier alpha value is -0.160. The Kier molecular flexibility index (Phi) is 2.84. The zero-order valence-electron chi connectivity index (χ0n) is 6.86. The van der Waals surface area contributed by atoms with Gasteiger partial charge in [0.05, 0.1) is 6.10 Å². The van der Waals surface area contributed by atoms with Crippen molar-refractivity contribution in [2.75, 3.05) is 7.11 Å². The second kappa shape index (κ2) is 3.49. The van der Waals surface area contributed by atoms with Crippen molar-refractivity contribution in [1.29, 1.82) is 0 Å². The van der Waals surface area contributed by atoms with Gasteiger partial charge in [0.15, 0.2) is 6.29 Å². The third-order valence-corrected chi connectivity index (χ3v) is 1.93. The number of nitrogens with two attached hydrogens (primary N) is 1. The van der Waals surface area contributed by atoms with Crippen molar-refractivity contribution in [1.82, 2.24) is 0 Å². The van der Waals surface area contributed by atoms with Crippen molar-refractivity contribution in [2.24, 2.45) is 5.73 Å². The lowest BCUT2D eigenvalue weighted by Gasteiger charge is -2.17. The monoisotopic (exact) mass is 161 g/mol. The van der Waals surface area contributed by atoms with Gasteiger partial charge in [0, 0.05) is 19.6 Å². The molecule has 0 amide bonds. The van der Waals surface area contributed by atoms with Crippen LogP contribution in [-0.2, 0) is 9.47 Å². The van der Waals surface area contributed by atoms with Crippen LogP contribution in [0, 0.1) is 0 Å². The van der Waals surface area contributed by atoms with Crippen LogP contribution in [0.5, 0.6) is 0 Å². The summed E-state index contributed by atoms with van der Waals surface area (Å²) >= 11 is 0. The molecule has 1 saturated heterocycles. The lowest BCUT2D eigenvalue weighted by atomic mass is 10.1. The third-order valence-electron chi connectivity index (χ3n) is 1.93. The summed E-state index contributed by atoms with van der Waals surface area (Å²) in [7, 11) is 1.57. The summed E-state index contributed by atoms with van der Waals surface area (Å²) in [6.45, 7) is 1.67. The zero-order chi connectivity index (χ0) is 8.43. The molecule has 1 aliphatic rings. The number of hydrogen-bond acceptors (Lipinski definition) is 4. The Morgan fingerprint density at radius 1 is 1.73 bits per heavy atom. The van der Waals surface area contributed by atoms with Gasteiger partial charge in [-0.2, -0.15) is 0 Å². The van der Waals surface area contributed by atoms with Crippen molar-refractivity contribution in [2.45, 2.75) is 37.9 Å². The molecule has 11 heavy (non-hydrogen) atoms. The van der Waals surface area contributed by atoms with Crippen LogP contribution in [-0.4, -0.2) is 36.8 Å². The topological polar surface area (TPSA) is 64.7 Å². The summed E-state index contributed by atoms with van der Waals surface area (Å²) in [5.41, 5.74) is 5.68. The largest absolute Gasteiger partial charge is 0.391 e. The van der Waals surface area contributed by atoms with E-state index < -0.39 is 6.10 Å². The fourth-order valence-electron chi connectivity index (χ4n) is 1.31. The molecular weight excluding hydrogens is 146 g/mol. The number of methoxy groups -OCH3 is 1.